The van der Waals surface area contributed by atoms with Gasteiger partial charge in [-0.3, -0.25) is 4.90 Å². The van der Waals surface area contributed by atoms with E-state index in [0.29, 0.717) is 0 Å². The third-order valence-corrected chi connectivity index (χ3v) is 2.73. The van der Waals surface area contributed by atoms with Crippen LogP contribution in [0.2, 0.25) is 0 Å². The van der Waals surface area contributed by atoms with Crippen LogP contribution in [0.5, 0.6) is 0 Å². The van der Waals surface area contributed by atoms with Crippen molar-refractivity contribution in [2.24, 2.45) is 0 Å². The van der Waals surface area contributed by atoms with Gasteiger partial charge in [-0.05, 0) is 24.1 Å². The molecule has 0 saturated carbocycles. The Morgan fingerprint density at radius 1 is 1.24 bits per heavy atom. The Hall–Kier alpha value is -0.930. The van der Waals surface area contributed by atoms with Crippen LogP contribution in [-0.2, 0) is 11.3 Å². The maximum Gasteiger partial charge on any atom is 0.126 e. The van der Waals surface area contributed by atoms with Gasteiger partial charge < -0.3 is 4.74 Å². The third-order valence-electron chi connectivity index (χ3n) is 2.73. The monoisotopic (exact) mass is 239 g/mol. The zero-order valence-electron chi connectivity index (χ0n) is 11.0. The summed E-state index contributed by atoms with van der Waals surface area (Å²) >= 11 is 0. The Kier molecular flexibility index (Phi) is 6.16. The molecule has 0 radical (unpaired) electrons. The number of aryl methyl sites for hydroxylation is 1. The second-order valence-electron chi connectivity index (χ2n) is 3.97. The Morgan fingerprint density at radius 3 is 2.47 bits per heavy atom. The van der Waals surface area contributed by atoms with Crippen molar-refractivity contribution in [1.29, 1.82) is 0 Å². The highest BCUT2D eigenvalue weighted by atomic mass is 19.1. The number of morpholine rings is 1. The van der Waals surface area contributed by atoms with E-state index in [0.717, 1.165) is 38.4 Å². The fraction of sp³-hybridized carbons (Fsp3) is 0.571. The maximum absolute atomic E-state index is 13.0. The molecule has 0 amide bonds. The fourth-order valence-corrected chi connectivity index (χ4v) is 1.82. The molecular formula is C14H22FNO. The lowest BCUT2D eigenvalue weighted by molar-refractivity contribution is 0.0342. The van der Waals surface area contributed by atoms with Crippen LogP contribution in [-0.4, -0.2) is 31.2 Å². The summed E-state index contributed by atoms with van der Waals surface area (Å²) in [5.41, 5.74) is 1.90. The minimum absolute atomic E-state index is 0.124. The summed E-state index contributed by atoms with van der Waals surface area (Å²) < 4.78 is 18.3. The van der Waals surface area contributed by atoms with E-state index in [9.17, 15) is 4.39 Å². The second kappa shape index (κ2) is 7.41. The normalized spacial score (nSPS) is 16.2. The Bertz CT molecular complexity index is 335. The molecule has 1 aliphatic rings. The minimum atomic E-state index is -0.124. The summed E-state index contributed by atoms with van der Waals surface area (Å²) in [7, 11) is 0. The summed E-state index contributed by atoms with van der Waals surface area (Å²) in [4.78, 5) is 2.33. The SMILES string of the molecule is CC.Cc1cc(CN2CCOCC2)ccc1F. The van der Waals surface area contributed by atoms with Crippen LogP contribution in [0.15, 0.2) is 18.2 Å². The molecule has 1 aromatic rings. The smallest absolute Gasteiger partial charge is 0.126 e. The fourth-order valence-electron chi connectivity index (χ4n) is 1.82. The topological polar surface area (TPSA) is 12.5 Å². The van der Waals surface area contributed by atoms with Crippen LogP contribution in [0.3, 0.4) is 0 Å². The van der Waals surface area contributed by atoms with Crippen molar-refractivity contribution < 1.29 is 9.13 Å². The molecular weight excluding hydrogens is 217 g/mol. The van der Waals surface area contributed by atoms with Crippen molar-refractivity contribution in [3.05, 3.63) is 35.1 Å². The minimum Gasteiger partial charge on any atom is -0.379 e. The summed E-state index contributed by atoms with van der Waals surface area (Å²) in [6.45, 7) is 10.2. The molecule has 0 aliphatic carbocycles. The molecule has 1 heterocycles. The predicted molar refractivity (Wildman–Crippen MR) is 68.6 cm³/mol. The number of hydrogen-bond acceptors (Lipinski definition) is 2. The molecule has 1 saturated heterocycles. The summed E-state index contributed by atoms with van der Waals surface area (Å²) in [6.07, 6.45) is 0. The first kappa shape index (κ1) is 14.1. The first-order valence-electron chi connectivity index (χ1n) is 6.31. The molecule has 1 aliphatic heterocycles. The highest BCUT2D eigenvalue weighted by Crippen LogP contribution is 2.12. The molecule has 0 unspecified atom stereocenters. The van der Waals surface area contributed by atoms with Gasteiger partial charge in [0.2, 0.25) is 0 Å². The number of rotatable bonds is 2. The lowest BCUT2D eigenvalue weighted by atomic mass is 10.1. The van der Waals surface area contributed by atoms with Crippen molar-refractivity contribution in [1.82, 2.24) is 4.90 Å². The highest BCUT2D eigenvalue weighted by Gasteiger charge is 2.10. The Labute approximate surface area is 103 Å². The van der Waals surface area contributed by atoms with Gasteiger partial charge in [0.05, 0.1) is 13.2 Å². The quantitative estimate of drug-likeness (QED) is 0.786. The van der Waals surface area contributed by atoms with E-state index in [-0.39, 0.29) is 5.82 Å². The van der Waals surface area contributed by atoms with Crippen LogP contribution in [0.25, 0.3) is 0 Å². The van der Waals surface area contributed by atoms with Crippen molar-refractivity contribution >= 4 is 0 Å². The van der Waals surface area contributed by atoms with E-state index in [1.54, 1.807) is 13.0 Å². The molecule has 0 spiro atoms. The highest BCUT2D eigenvalue weighted by molar-refractivity contribution is 5.23. The van der Waals surface area contributed by atoms with Crippen molar-refractivity contribution in [3.8, 4) is 0 Å². The van der Waals surface area contributed by atoms with Crippen LogP contribution >= 0.6 is 0 Å². The van der Waals surface area contributed by atoms with Gasteiger partial charge in [-0.1, -0.05) is 26.0 Å². The predicted octanol–water partition coefficient (Wildman–Crippen LogP) is 2.99. The van der Waals surface area contributed by atoms with Crippen LogP contribution < -0.4 is 0 Å². The van der Waals surface area contributed by atoms with Gasteiger partial charge in [0.25, 0.3) is 0 Å². The van der Waals surface area contributed by atoms with Crippen molar-refractivity contribution in [2.75, 3.05) is 26.3 Å². The zero-order valence-corrected chi connectivity index (χ0v) is 11.0. The second-order valence-corrected chi connectivity index (χ2v) is 3.97. The lowest BCUT2D eigenvalue weighted by Crippen LogP contribution is -2.35. The summed E-state index contributed by atoms with van der Waals surface area (Å²) in [5, 5.41) is 0. The molecule has 1 fully saturated rings. The molecule has 2 nitrogen and oxygen atoms in total. The molecule has 0 N–H and O–H groups in total. The Morgan fingerprint density at radius 2 is 1.88 bits per heavy atom. The van der Waals surface area contributed by atoms with Crippen LogP contribution in [0.4, 0.5) is 4.39 Å². The average molecular weight is 239 g/mol. The van der Waals surface area contributed by atoms with Crippen LogP contribution in [0, 0.1) is 12.7 Å². The van der Waals surface area contributed by atoms with Gasteiger partial charge in [-0.25, -0.2) is 4.39 Å². The summed E-state index contributed by atoms with van der Waals surface area (Å²) in [6, 6.07) is 5.33. The molecule has 0 bridgehead atoms. The van der Waals surface area contributed by atoms with Gasteiger partial charge in [0.15, 0.2) is 0 Å². The Balaban J connectivity index is 0.000000686. The number of halogens is 1. The van der Waals surface area contributed by atoms with Crippen LogP contribution in [0.1, 0.15) is 25.0 Å². The molecule has 96 valence electrons. The molecule has 1 aromatic carbocycles. The van der Waals surface area contributed by atoms with E-state index in [1.165, 1.54) is 5.56 Å². The zero-order chi connectivity index (χ0) is 12.7. The molecule has 17 heavy (non-hydrogen) atoms. The number of nitrogens with zero attached hydrogens (tertiary/aromatic N) is 1. The summed E-state index contributed by atoms with van der Waals surface area (Å²) in [5.74, 6) is -0.124. The van der Waals surface area contributed by atoms with E-state index in [4.69, 9.17) is 4.74 Å². The molecule has 0 atom stereocenters. The standard InChI is InChI=1S/C12H16FNO.C2H6/c1-10-8-11(2-3-12(10)13)9-14-4-6-15-7-5-14;1-2/h2-3,8H,4-7,9H2,1H3;1-2H3. The van der Waals surface area contributed by atoms with E-state index >= 15 is 0 Å². The number of benzene rings is 1. The van der Waals surface area contributed by atoms with E-state index in [1.807, 2.05) is 26.0 Å². The van der Waals surface area contributed by atoms with Gasteiger partial charge in [0, 0.05) is 19.6 Å². The van der Waals surface area contributed by atoms with E-state index < -0.39 is 0 Å². The van der Waals surface area contributed by atoms with Gasteiger partial charge in [0.1, 0.15) is 5.82 Å². The first-order chi connectivity index (χ1) is 8.25. The van der Waals surface area contributed by atoms with Crippen molar-refractivity contribution in [3.63, 3.8) is 0 Å². The van der Waals surface area contributed by atoms with Crippen molar-refractivity contribution in [2.45, 2.75) is 27.3 Å². The average Bonchev–Trinajstić information content (AvgIpc) is 2.38. The first-order valence-corrected chi connectivity index (χ1v) is 6.31. The van der Waals surface area contributed by atoms with E-state index in [2.05, 4.69) is 4.90 Å². The molecule has 0 aromatic heterocycles. The van der Waals surface area contributed by atoms with Gasteiger partial charge in [-0.2, -0.15) is 0 Å². The van der Waals surface area contributed by atoms with Gasteiger partial charge >= 0.3 is 0 Å². The number of hydrogen-bond donors (Lipinski definition) is 0. The molecule has 2 rings (SSSR count). The van der Waals surface area contributed by atoms with Gasteiger partial charge in [-0.15, -0.1) is 0 Å². The lowest BCUT2D eigenvalue weighted by Gasteiger charge is -2.26. The third kappa shape index (κ3) is 4.44. The largest absolute Gasteiger partial charge is 0.379 e. The number of ether oxygens (including phenoxy) is 1. The maximum atomic E-state index is 13.0. The molecule has 3 heteroatoms.